The second kappa shape index (κ2) is 7.71. The summed E-state index contributed by atoms with van der Waals surface area (Å²) in [4.78, 5) is 3.77. The number of nitrogens with two attached hydrogens (primary N) is 1. The number of hydrogen-bond donors (Lipinski definition) is 1. The quantitative estimate of drug-likeness (QED) is 0.592. The average molecular weight is 424 g/mol. The molecule has 4 bridgehead atoms. The van der Waals surface area contributed by atoms with Gasteiger partial charge >= 0.3 is 12.4 Å². The lowest BCUT2D eigenvalue weighted by Crippen LogP contribution is -2.21. The van der Waals surface area contributed by atoms with Crippen LogP contribution in [0.2, 0.25) is 0 Å². The van der Waals surface area contributed by atoms with Crippen molar-refractivity contribution >= 4 is 5.69 Å². The Bertz CT molecular complexity index is 865. The maximum Gasteiger partial charge on any atom is 0.421 e. The fraction of sp³-hybridized carbons (Fsp3) is 0.588. The second-order valence-electron chi connectivity index (χ2n) is 6.88. The Balaban J connectivity index is 2.12. The van der Waals surface area contributed by atoms with Crippen LogP contribution in [0.4, 0.5) is 32.0 Å². The van der Waals surface area contributed by atoms with Gasteiger partial charge in [-0.15, -0.1) is 10.2 Å². The van der Waals surface area contributed by atoms with Crippen molar-refractivity contribution in [3.05, 3.63) is 17.5 Å². The Morgan fingerprint density at radius 1 is 1.03 bits per heavy atom. The predicted molar refractivity (Wildman–Crippen MR) is 88.9 cm³/mol. The molecule has 1 aliphatic rings. The van der Waals surface area contributed by atoms with Gasteiger partial charge in [-0.2, -0.15) is 26.3 Å². The highest BCUT2D eigenvalue weighted by Gasteiger charge is 2.44. The number of nitrogen functional groups attached to an aromatic ring is 1. The van der Waals surface area contributed by atoms with Crippen LogP contribution >= 0.6 is 0 Å². The van der Waals surface area contributed by atoms with Gasteiger partial charge in [-0.1, -0.05) is 12.8 Å². The minimum absolute atomic E-state index is 0.230. The number of hydrogen-bond acceptors (Lipinski definition) is 6. The zero-order chi connectivity index (χ0) is 21.4. The van der Waals surface area contributed by atoms with Gasteiger partial charge in [0.25, 0.3) is 5.89 Å². The van der Waals surface area contributed by atoms with Crippen molar-refractivity contribution in [3.63, 3.8) is 0 Å². The van der Waals surface area contributed by atoms with E-state index >= 15 is 0 Å². The van der Waals surface area contributed by atoms with E-state index in [-0.39, 0.29) is 18.5 Å². The fourth-order valence-electron chi connectivity index (χ4n) is 3.08. The van der Waals surface area contributed by atoms with Crippen LogP contribution in [-0.4, -0.2) is 27.5 Å². The van der Waals surface area contributed by atoms with E-state index in [1.54, 1.807) is 6.92 Å². The third-order valence-corrected chi connectivity index (χ3v) is 4.58. The molecule has 2 N–H and O–H groups in total. The number of aromatic nitrogens is 3. The maximum atomic E-state index is 13.4. The highest BCUT2D eigenvalue weighted by molar-refractivity contribution is 5.68. The number of fused-ring (bicyclic) bond motifs is 5. The second-order valence-corrected chi connectivity index (χ2v) is 6.88. The van der Waals surface area contributed by atoms with Crippen LogP contribution in [0.3, 0.4) is 0 Å². The molecule has 1 aliphatic heterocycles. The van der Waals surface area contributed by atoms with E-state index in [0.29, 0.717) is 25.3 Å². The molecule has 2 atom stereocenters. The molecule has 0 spiro atoms. The first-order valence-corrected chi connectivity index (χ1v) is 8.91. The molecular weight excluding hydrogens is 406 g/mol. The number of anilines is 1. The summed E-state index contributed by atoms with van der Waals surface area (Å²) in [5.74, 6) is -3.90. The van der Waals surface area contributed by atoms with E-state index in [1.165, 1.54) is 0 Å². The van der Waals surface area contributed by atoms with Gasteiger partial charge < -0.3 is 14.9 Å². The van der Waals surface area contributed by atoms with Crippen molar-refractivity contribution in [3.8, 4) is 17.5 Å². The Morgan fingerprint density at radius 2 is 1.72 bits per heavy atom. The number of nitrogens with zero attached hydrogens (tertiary/aromatic N) is 3. The molecule has 2 aromatic heterocycles. The van der Waals surface area contributed by atoms with E-state index in [2.05, 4.69) is 15.2 Å². The predicted octanol–water partition coefficient (Wildman–Crippen LogP) is 5.11. The summed E-state index contributed by atoms with van der Waals surface area (Å²) in [6.07, 6.45) is -8.79. The molecule has 29 heavy (non-hydrogen) atoms. The highest BCUT2D eigenvalue weighted by Crippen LogP contribution is 2.42. The lowest BCUT2D eigenvalue weighted by molar-refractivity contribution is -0.156. The summed E-state index contributed by atoms with van der Waals surface area (Å²) < 4.78 is 90.8. The molecule has 3 heterocycles. The molecular formula is C17H18F6N4O2. The summed E-state index contributed by atoms with van der Waals surface area (Å²) in [6.45, 7) is 1.56. The number of halogens is 6. The molecule has 2 aromatic rings. The lowest BCUT2D eigenvalue weighted by atomic mass is 9.99. The largest absolute Gasteiger partial charge is 0.474 e. The Morgan fingerprint density at radius 3 is 2.38 bits per heavy atom. The van der Waals surface area contributed by atoms with E-state index in [1.807, 2.05) is 0 Å². The highest BCUT2D eigenvalue weighted by atomic mass is 19.4. The number of pyridine rings is 1. The first-order chi connectivity index (χ1) is 13.5. The molecule has 0 aliphatic carbocycles. The smallest absolute Gasteiger partial charge is 0.421 e. The van der Waals surface area contributed by atoms with Crippen LogP contribution in [0.5, 0.6) is 5.88 Å². The number of alkyl halides is 6. The van der Waals surface area contributed by atoms with Gasteiger partial charge in [0.15, 0.2) is 5.69 Å². The lowest BCUT2D eigenvalue weighted by Gasteiger charge is -2.20. The summed E-state index contributed by atoms with van der Waals surface area (Å²) in [7, 11) is 0. The molecule has 1 unspecified atom stereocenters. The van der Waals surface area contributed by atoms with Gasteiger partial charge in [0.1, 0.15) is 11.5 Å². The first kappa shape index (κ1) is 21.2. The molecule has 6 nitrogen and oxygen atoms in total. The minimum atomic E-state index is -4.79. The van der Waals surface area contributed by atoms with E-state index in [0.717, 1.165) is 0 Å². The van der Waals surface area contributed by atoms with Crippen LogP contribution < -0.4 is 10.5 Å². The summed E-state index contributed by atoms with van der Waals surface area (Å²) in [5.41, 5.74) is 3.63. The SMILES string of the molecule is C[C@@H]1CCCCCC(C(F)(F)F)c2nnc(o2)-c2nc(c(C(F)(F)F)cc2N)O1. The van der Waals surface area contributed by atoms with E-state index in [9.17, 15) is 26.3 Å². The molecule has 160 valence electrons. The topological polar surface area (TPSA) is 87.1 Å². The fourth-order valence-corrected chi connectivity index (χ4v) is 3.08. The molecule has 3 rings (SSSR count). The summed E-state index contributed by atoms with van der Waals surface area (Å²) in [6, 6.07) is 0.599. The Hall–Kier alpha value is -2.53. The first-order valence-electron chi connectivity index (χ1n) is 8.91. The van der Waals surface area contributed by atoms with Crippen LogP contribution in [-0.2, 0) is 6.18 Å². The van der Waals surface area contributed by atoms with Crippen molar-refractivity contribution in [1.82, 2.24) is 15.2 Å². The van der Waals surface area contributed by atoms with Crippen molar-refractivity contribution in [2.45, 2.75) is 63.4 Å². The zero-order valence-corrected chi connectivity index (χ0v) is 15.3. The number of rotatable bonds is 0. The molecule has 0 amide bonds. The third-order valence-electron chi connectivity index (χ3n) is 4.58. The van der Waals surface area contributed by atoms with E-state index < -0.39 is 53.3 Å². The van der Waals surface area contributed by atoms with Gasteiger partial charge in [0.2, 0.25) is 11.8 Å². The zero-order valence-electron chi connectivity index (χ0n) is 15.3. The number of ether oxygens (including phenoxy) is 1. The van der Waals surface area contributed by atoms with Crippen molar-refractivity contribution in [2.24, 2.45) is 0 Å². The maximum absolute atomic E-state index is 13.4. The Labute approximate surface area is 161 Å². The summed E-state index contributed by atoms with van der Waals surface area (Å²) >= 11 is 0. The normalized spacial score (nSPS) is 21.3. The van der Waals surface area contributed by atoms with Gasteiger partial charge in [-0.25, -0.2) is 4.98 Å². The van der Waals surface area contributed by atoms with Gasteiger partial charge in [0, 0.05) is 0 Å². The molecule has 0 fully saturated rings. The molecule has 0 saturated heterocycles. The van der Waals surface area contributed by atoms with Gasteiger partial charge in [-0.3, -0.25) is 0 Å². The standard InChI is InChI=1S/C17H18F6N4O2/c1-8-5-3-2-4-6-9(16(18,19)20)14-26-27-15(29-14)12-11(24)7-10(17(21,22)23)13(25-12)28-8/h7-9H,2-6,24H2,1H3/t8-,9?/m1/s1. The van der Waals surface area contributed by atoms with Gasteiger partial charge in [-0.05, 0) is 32.3 Å². The Kier molecular flexibility index (Phi) is 5.63. The minimum Gasteiger partial charge on any atom is -0.474 e. The van der Waals surface area contributed by atoms with Crippen molar-refractivity contribution < 1.29 is 35.5 Å². The molecule has 0 radical (unpaired) electrons. The van der Waals surface area contributed by atoms with Gasteiger partial charge in [0.05, 0.1) is 11.8 Å². The van der Waals surface area contributed by atoms with Crippen LogP contribution in [0, 0.1) is 0 Å². The van der Waals surface area contributed by atoms with E-state index in [4.69, 9.17) is 14.9 Å². The van der Waals surface area contributed by atoms with Crippen molar-refractivity contribution in [1.29, 1.82) is 0 Å². The monoisotopic (exact) mass is 424 g/mol. The molecule has 12 heteroatoms. The third kappa shape index (κ3) is 4.73. The van der Waals surface area contributed by atoms with Crippen LogP contribution in [0.1, 0.15) is 56.4 Å². The van der Waals surface area contributed by atoms with Crippen molar-refractivity contribution in [2.75, 3.05) is 5.73 Å². The van der Waals surface area contributed by atoms with Crippen LogP contribution in [0.25, 0.3) is 11.6 Å². The average Bonchev–Trinajstić information content (AvgIpc) is 3.05. The molecule has 0 saturated carbocycles. The van der Waals surface area contributed by atoms with Crippen LogP contribution in [0.15, 0.2) is 10.5 Å². The molecule has 0 aromatic carbocycles. The summed E-state index contributed by atoms with van der Waals surface area (Å²) in [5, 5.41) is 6.96.